The number of pyridine rings is 1. The van der Waals surface area contributed by atoms with E-state index in [1.54, 1.807) is 0 Å². The predicted molar refractivity (Wildman–Crippen MR) is 57.7 cm³/mol. The van der Waals surface area contributed by atoms with Crippen molar-refractivity contribution in [3.63, 3.8) is 0 Å². The lowest BCUT2D eigenvalue weighted by molar-refractivity contribution is 0.754. The third-order valence-corrected chi connectivity index (χ3v) is 2.43. The normalized spacial score (nSPS) is 11.1. The quantitative estimate of drug-likeness (QED) is 0.820. The van der Waals surface area contributed by atoms with Gasteiger partial charge in [-0.25, -0.2) is 4.98 Å². The summed E-state index contributed by atoms with van der Waals surface area (Å²) in [5.41, 5.74) is 2.08. The highest BCUT2D eigenvalue weighted by atomic mass is 35.5. The Bertz CT molecular complexity index is 462. The van der Waals surface area contributed by atoms with Gasteiger partial charge in [0.15, 0.2) is 0 Å². The third kappa shape index (κ3) is 1.49. The van der Waals surface area contributed by atoms with Crippen molar-refractivity contribution in [1.29, 1.82) is 0 Å². The van der Waals surface area contributed by atoms with Gasteiger partial charge in [-0.2, -0.15) is 0 Å². The summed E-state index contributed by atoms with van der Waals surface area (Å²) >= 11 is 5.92. The van der Waals surface area contributed by atoms with Crippen LogP contribution in [0.2, 0.25) is 5.02 Å². The van der Waals surface area contributed by atoms with Crippen LogP contribution in [0.15, 0.2) is 18.3 Å². The molecule has 74 valence electrons. The second-order valence-electron chi connectivity index (χ2n) is 3.24. The van der Waals surface area contributed by atoms with Gasteiger partial charge in [-0.05, 0) is 26.1 Å². The summed E-state index contributed by atoms with van der Waals surface area (Å²) in [6, 6.07) is 3.80. The van der Waals surface area contributed by atoms with Crippen LogP contribution in [0.1, 0.15) is 11.5 Å². The second kappa shape index (κ2) is 3.59. The number of hydrogen-bond donors (Lipinski definition) is 1. The van der Waals surface area contributed by atoms with E-state index in [-0.39, 0.29) is 0 Å². The molecule has 2 aromatic heterocycles. The van der Waals surface area contributed by atoms with Gasteiger partial charge < -0.3 is 9.72 Å². The van der Waals surface area contributed by atoms with E-state index >= 15 is 0 Å². The van der Waals surface area contributed by atoms with Crippen LogP contribution in [0.4, 0.5) is 0 Å². The average molecular weight is 210 g/mol. The molecule has 0 aliphatic carbocycles. The molecule has 3 nitrogen and oxygen atoms in total. The Labute approximate surface area is 87.7 Å². The van der Waals surface area contributed by atoms with E-state index in [0.717, 1.165) is 28.6 Å². The van der Waals surface area contributed by atoms with Gasteiger partial charge >= 0.3 is 0 Å². The fourth-order valence-electron chi connectivity index (χ4n) is 1.57. The number of rotatable bonds is 2. The Hall–Kier alpha value is -1.06. The maximum absolute atomic E-state index is 5.92. The minimum Gasteiger partial charge on any atom is -0.313 e. The smallest absolute Gasteiger partial charge is 0.127 e. The van der Waals surface area contributed by atoms with Crippen LogP contribution >= 0.6 is 11.6 Å². The van der Waals surface area contributed by atoms with Gasteiger partial charge in [0, 0.05) is 11.2 Å². The molecular weight excluding hydrogens is 198 g/mol. The predicted octanol–water partition coefficient (Wildman–Crippen LogP) is 2.02. The molecule has 2 heterocycles. The second-order valence-corrected chi connectivity index (χ2v) is 3.68. The zero-order valence-corrected chi connectivity index (χ0v) is 8.97. The van der Waals surface area contributed by atoms with E-state index in [1.165, 1.54) is 0 Å². The molecule has 1 N–H and O–H groups in total. The summed E-state index contributed by atoms with van der Waals surface area (Å²) in [5, 5.41) is 3.83. The lowest BCUT2D eigenvalue weighted by Crippen LogP contribution is -2.08. The summed E-state index contributed by atoms with van der Waals surface area (Å²) in [6.45, 7) is 2.75. The first kappa shape index (κ1) is 9.49. The summed E-state index contributed by atoms with van der Waals surface area (Å²) in [6.07, 6.45) is 1.95. The highest BCUT2D eigenvalue weighted by Crippen LogP contribution is 2.17. The van der Waals surface area contributed by atoms with Crippen molar-refractivity contribution in [2.45, 2.75) is 13.5 Å². The number of nitrogens with one attached hydrogen (secondary N) is 1. The molecule has 0 aliphatic rings. The van der Waals surface area contributed by atoms with Crippen LogP contribution < -0.4 is 5.32 Å². The van der Waals surface area contributed by atoms with Gasteiger partial charge in [-0.15, -0.1) is 0 Å². The number of halogens is 1. The first-order chi connectivity index (χ1) is 6.72. The molecule has 0 bridgehead atoms. The fourth-order valence-corrected chi connectivity index (χ4v) is 1.73. The first-order valence-electron chi connectivity index (χ1n) is 4.50. The largest absolute Gasteiger partial charge is 0.313 e. The Balaban J connectivity index is 2.65. The molecule has 2 rings (SSSR count). The van der Waals surface area contributed by atoms with Crippen LogP contribution in [0.25, 0.3) is 5.52 Å². The lowest BCUT2D eigenvalue weighted by Gasteiger charge is -1.99. The lowest BCUT2D eigenvalue weighted by atomic mass is 10.3. The van der Waals surface area contributed by atoms with Gasteiger partial charge in [0.25, 0.3) is 0 Å². The molecule has 0 radical (unpaired) electrons. The average Bonchev–Trinajstić information content (AvgIpc) is 2.44. The van der Waals surface area contributed by atoms with Crippen LogP contribution in [-0.2, 0) is 6.54 Å². The Morgan fingerprint density at radius 3 is 3.07 bits per heavy atom. The van der Waals surface area contributed by atoms with Crippen molar-refractivity contribution < 1.29 is 0 Å². The van der Waals surface area contributed by atoms with Gasteiger partial charge in [0.1, 0.15) is 5.82 Å². The molecule has 0 saturated carbocycles. The van der Waals surface area contributed by atoms with Crippen molar-refractivity contribution in [3.05, 3.63) is 34.9 Å². The van der Waals surface area contributed by atoms with Gasteiger partial charge in [0.2, 0.25) is 0 Å². The van der Waals surface area contributed by atoms with Crippen LogP contribution in [0.5, 0.6) is 0 Å². The fraction of sp³-hybridized carbons (Fsp3) is 0.300. The van der Waals surface area contributed by atoms with Gasteiger partial charge in [0.05, 0.1) is 17.8 Å². The number of aryl methyl sites for hydroxylation is 1. The Morgan fingerprint density at radius 2 is 2.36 bits per heavy atom. The zero-order chi connectivity index (χ0) is 10.1. The third-order valence-electron chi connectivity index (χ3n) is 2.20. The molecule has 0 aliphatic heterocycles. The molecule has 0 fully saturated rings. The van der Waals surface area contributed by atoms with Crippen molar-refractivity contribution in [3.8, 4) is 0 Å². The summed E-state index contributed by atoms with van der Waals surface area (Å²) in [5.74, 6) is 1.01. The first-order valence-corrected chi connectivity index (χ1v) is 4.88. The molecule has 0 atom stereocenters. The number of aromatic nitrogens is 2. The number of imidazole rings is 1. The van der Waals surface area contributed by atoms with Crippen LogP contribution in [0.3, 0.4) is 0 Å². The Morgan fingerprint density at radius 1 is 1.57 bits per heavy atom. The highest BCUT2D eigenvalue weighted by molar-refractivity contribution is 6.30. The molecule has 0 saturated heterocycles. The molecule has 0 unspecified atom stereocenters. The number of fused-ring (bicyclic) bond motifs is 1. The minimum atomic E-state index is 0.747. The number of nitrogens with zero attached hydrogens (tertiary/aromatic N) is 2. The molecular formula is C10H12ClN3. The van der Waals surface area contributed by atoms with Gasteiger partial charge in [-0.1, -0.05) is 11.6 Å². The maximum atomic E-state index is 5.92. The van der Waals surface area contributed by atoms with E-state index in [1.807, 2.05) is 32.3 Å². The Kier molecular flexibility index (Phi) is 2.44. The SMILES string of the molecule is CNCc1nc(C)c2cc(Cl)ccn12. The molecule has 0 amide bonds. The monoisotopic (exact) mass is 209 g/mol. The maximum Gasteiger partial charge on any atom is 0.127 e. The van der Waals surface area contributed by atoms with Crippen LogP contribution in [0, 0.1) is 6.92 Å². The standard InChI is InChI=1S/C10H12ClN3/c1-7-9-5-8(11)3-4-14(9)10(13-7)6-12-2/h3-5,12H,6H2,1-2H3. The highest BCUT2D eigenvalue weighted by Gasteiger charge is 2.06. The van der Waals surface area contributed by atoms with E-state index in [0.29, 0.717) is 0 Å². The molecule has 0 spiro atoms. The minimum absolute atomic E-state index is 0.747. The summed E-state index contributed by atoms with van der Waals surface area (Å²) in [7, 11) is 1.91. The van der Waals surface area contributed by atoms with Crippen molar-refractivity contribution in [1.82, 2.24) is 14.7 Å². The van der Waals surface area contributed by atoms with E-state index in [9.17, 15) is 0 Å². The molecule has 0 aromatic carbocycles. The van der Waals surface area contributed by atoms with E-state index < -0.39 is 0 Å². The van der Waals surface area contributed by atoms with E-state index in [4.69, 9.17) is 11.6 Å². The van der Waals surface area contributed by atoms with Crippen molar-refractivity contribution >= 4 is 17.1 Å². The topological polar surface area (TPSA) is 29.3 Å². The summed E-state index contributed by atoms with van der Waals surface area (Å²) < 4.78 is 2.05. The van der Waals surface area contributed by atoms with Crippen molar-refractivity contribution in [2.75, 3.05) is 7.05 Å². The van der Waals surface area contributed by atoms with Gasteiger partial charge in [-0.3, -0.25) is 0 Å². The molecule has 4 heteroatoms. The summed E-state index contributed by atoms with van der Waals surface area (Å²) in [4.78, 5) is 4.46. The van der Waals surface area contributed by atoms with E-state index in [2.05, 4.69) is 14.7 Å². The van der Waals surface area contributed by atoms with Crippen LogP contribution in [-0.4, -0.2) is 16.4 Å². The van der Waals surface area contributed by atoms with Crippen molar-refractivity contribution in [2.24, 2.45) is 0 Å². The number of hydrogen-bond acceptors (Lipinski definition) is 2. The molecule has 14 heavy (non-hydrogen) atoms. The molecule has 2 aromatic rings. The zero-order valence-electron chi connectivity index (χ0n) is 8.21.